The van der Waals surface area contributed by atoms with E-state index in [1.807, 2.05) is 0 Å². The van der Waals surface area contributed by atoms with Gasteiger partial charge in [0, 0.05) is 0 Å². The summed E-state index contributed by atoms with van der Waals surface area (Å²) in [6.45, 7) is 6.78. The van der Waals surface area contributed by atoms with Crippen LogP contribution in [0.5, 0.6) is 0 Å². The molecule has 0 aliphatic heterocycles. The molecule has 0 spiro atoms. The first kappa shape index (κ1) is 15.7. The smallest absolute Gasteiger partial charge is 0.408 e. The first-order valence-corrected chi connectivity index (χ1v) is 6.20. The fraction of sp³-hybridized carbons (Fsp3) is 0.462. The van der Waals surface area contributed by atoms with Crippen molar-refractivity contribution in [2.24, 2.45) is 0 Å². The Kier molecular flexibility index (Phi) is 4.90. The van der Waals surface area contributed by atoms with Gasteiger partial charge in [-0.2, -0.15) is 0 Å². The lowest BCUT2D eigenvalue weighted by Gasteiger charge is -2.21. The summed E-state index contributed by atoms with van der Waals surface area (Å²) in [5.74, 6) is 0.220. The molecule has 4 N–H and O–H groups in total. The number of hydrogen-bond acceptors (Lipinski definition) is 5. The number of hydrogen-bond donors (Lipinski definition) is 3. The average molecular weight is 280 g/mol. The zero-order valence-electron chi connectivity index (χ0n) is 12.1. The highest BCUT2D eigenvalue weighted by Gasteiger charge is 2.21. The molecule has 7 nitrogen and oxygen atoms in total. The van der Waals surface area contributed by atoms with Crippen LogP contribution < -0.4 is 16.4 Å². The number of aromatic nitrogens is 1. The van der Waals surface area contributed by atoms with E-state index in [9.17, 15) is 9.59 Å². The van der Waals surface area contributed by atoms with Gasteiger partial charge in [0.1, 0.15) is 23.3 Å². The average Bonchev–Trinajstić information content (AvgIpc) is 2.25. The Morgan fingerprint density at radius 2 is 2.00 bits per heavy atom. The normalized spacial score (nSPS) is 12.4. The van der Waals surface area contributed by atoms with Crippen LogP contribution >= 0.6 is 0 Å². The number of pyridine rings is 1. The highest BCUT2D eigenvalue weighted by Crippen LogP contribution is 2.08. The zero-order chi connectivity index (χ0) is 15.3. The summed E-state index contributed by atoms with van der Waals surface area (Å²) < 4.78 is 5.06. The number of carbonyl (C=O) groups is 2. The highest BCUT2D eigenvalue weighted by molar-refractivity contribution is 5.95. The van der Waals surface area contributed by atoms with Gasteiger partial charge in [0.05, 0.1) is 0 Å². The lowest BCUT2D eigenvalue weighted by Crippen LogP contribution is -2.44. The minimum atomic E-state index is -0.756. The molecule has 0 saturated carbocycles. The Hall–Kier alpha value is -2.31. The number of nitrogens with two attached hydrogens (primary N) is 1. The van der Waals surface area contributed by atoms with Gasteiger partial charge in [-0.1, -0.05) is 6.07 Å². The van der Waals surface area contributed by atoms with Crippen molar-refractivity contribution < 1.29 is 14.3 Å². The molecule has 2 amide bonds. The van der Waals surface area contributed by atoms with Crippen LogP contribution in [0.2, 0.25) is 0 Å². The molecule has 0 saturated heterocycles. The molecular formula is C13H20N4O3. The number of nitrogen functional groups attached to an aromatic ring is 1. The monoisotopic (exact) mass is 280 g/mol. The van der Waals surface area contributed by atoms with Gasteiger partial charge in [0.2, 0.25) is 5.91 Å². The fourth-order valence-electron chi connectivity index (χ4n) is 1.31. The fourth-order valence-corrected chi connectivity index (χ4v) is 1.31. The summed E-state index contributed by atoms with van der Waals surface area (Å²) in [6.07, 6.45) is -0.652. The number of nitrogens with zero attached hydrogens (tertiary/aromatic N) is 1. The molecule has 1 unspecified atom stereocenters. The van der Waals surface area contributed by atoms with Gasteiger partial charge in [0.25, 0.3) is 0 Å². The van der Waals surface area contributed by atoms with E-state index in [0.29, 0.717) is 11.6 Å². The topological polar surface area (TPSA) is 106 Å². The molecule has 0 fully saturated rings. The Labute approximate surface area is 117 Å². The van der Waals surface area contributed by atoms with Crippen LogP contribution in [-0.2, 0) is 9.53 Å². The van der Waals surface area contributed by atoms with Crippen LogP contribution in [0, 0.1) is 0 Å². The van der Waals surface area contributed by atoms with Crippen molar-refractivity contribution >= 4 is 23.6 Å². The summed E-state index contributed by atoms with van der Waals surface area (Å²) in [4.78, 5) is 27.3. The van der Waals surface area contributed by atoms with E-state index in [1.54, 1.807) is 45.9 Å². The van der Waals surface area contributed by atoms with Crippen LogP contribution in [0.1, 0.15) is 27.7 Å². The minimum Gasteiger partial charge on any atom is -0.444 e. The van der Waals surface area contributed by atoms with Crippen molar-refractivity contribution in [2.45, 2.75) is 39.3 Å². The number of amides is 2. The zero-order valence-corrected chi connectivity index (χ0v) is 12.1. The summed E-state index contributed by atoms with van der Waals surface area (Å²) in [5, 5.41) is 4.99. The first-order chi connectivity index (χ1) is 9.17. The van der Waals surface area contributed by atoms with Gasteiger partial charge in [0.15, 0.2) is 0 Å². The Morgan fingerprint density at radius 3 is 2.55 bits per heavy atom. The van der Waals surface area contributed by atoms with Crippen molar-refractivity contribution in [3.05, 3.63) is 18.2 Å². The van der Waals surface area contributed by atoms with Gasteiger partial charge in [-0.3, -0.25) is 4.79 Å². The van der Waals surface area contributed by atoms with E-state index in [2.05, 4.69) is 15.6 Å². The third-order valence-electron chi connectivity index (χ3n) is 2.15. The van der Waals surface area contributed by atoms with Crippen LogP contribution in [-0.4, -0.2) is 28.6 Å². The van der Waals surface area contributed by atoms with Crippen molar-refractivity contribution in [3.63, 3.8) is 0 Å². The maximum absolute atomic E-state index is 11.9. The third-order valence-corrected chi connectivity index (χ3v) is 2.15. The SMILES string of the molecule is CC(NC(=O)OC(C)(C)C)C(=O)Nc1cccc(N)n1. The van der Waals surface area contributed by atoms with Crippen LogP contribution in [0.3, 0.4) is 0 Å². The van der Waals surface area contributed by atoms with Crippen molar-refractivity contribution in [2.75, 3.05) is 11.1 Å². The Balaban J connectivity index is 2.53. The van der Waals surface area contributed by atoms with E-state index in [0.717, 1.165) is 0 Å². The molecule has 1 aromatic heterocycles. The second kappa shape index (κ2) is 6.23. The van der Waals surface area contributed by atoms with Crippen LogP contribution in [0.25, 0.3) is 0 Å². The van der Waals surface area contributed by atoms with Crippen molar-refractivity contribution in [3.8, 4) is 0 Å². The molecule has 0 radical (unpaired) electrons. The van der Waals surface area contributed by atoms with Gasteiger partial charge < -0.3 is 21.1 Å². The summed E-state index contributed by atoms with van der Waals surface area (Å²) in [6, 6.07) is 4.13. The molecular weight excluding hydrogens is 260 g/mol. The Morgan fingerprint density at radius 1 is 1.35 bits per heavy atom. The summed E-state index contributed by atoms with van der Waals surface area (Å²) >= 11 is 0. The van der Waals surface area contributed by atoms with Crippen LogP contribution in [0.15, 0.2) is 18.2 Å². The lowest BCUT2D eigenvalue weighted by atomic mass is 10.2. The van der Waals surface area contributed by atoms with E-state index in [4.69, 9.17) is 10.5 Å². The van der Waals surface area contributed by atoms with Gasteiger partial charge in [-0.25, -0.2) is 9.78 Å². The molecule has 0 aliphatic carbocycles. The van der Waals surface area contributed by atoms with E-state index < -0.39 is 23.6 Å². The molecule has 0 aliphatic rings. The van der Waals surface area contributed by atoms with E-state index in [1.165, 1.54) is 0 Å². The quantitative estimate of drug-likeness (QED) is 0.778. The first-order valence-electron chi connectivity index (χ1n) is 6.20. The van der Waals surface area contributed by atoms with Crippen molar-refractivity contribution in [1.82, 2.24) is 10.3 Å². The van der Waals surface area contributed by atoms with E-state index in [-0.39, 0.29) is 0 Å². The molecule has 1 rings (SSSR count). The summed E-state index contributed by atoms with van der Waals surface area (Å²) in [5.41, 5.74) is 4.89. The number of ether oxygens (including phenoxy) is 1. The second-order valence-electron chi connectivity index (χ2n) is 5.30. The van der Waals surface area contributed by atoms with Gasteiger partial charge in [-0.05, 0) is 39.8 Å². The number of carbonyl (C=O) groups excluding carboxylic acids is 2. The Bertz CT molecular complexity index is 497. The molecule has 0 bridgehead atoms. The van der Waals surface area contributed by atoms with Gasteiger partial charge >= 0.3 is 6.09 Å². The molecule has 1 aromatic rings. The second-order valence-corrected chi connectivity index (χ2v) is 5.30. The number of alkyl carbamates (subject to hydrolysis) is 1. The lowest BCUT2D eigenvalue weighted by molar-refractivity contribution is -0.117. The number of rotatable bonds is 3. The predicted molar refractivity (Wildman–Crippen MR) is 76.1 cm³/mol. The standard InChI is InChI=1S/C13H20N4O3/c1-8(15-12(19)20-13(2,3)4)11(18)17-10-7-5-6-9(14)16-10/h5-8H,1-4H3,(H,15,19)(H3,14,16,17,18). The van der Waals surface area contributed by atoms with Gasteiger partial charge in [-0.15, -0.1) is 0 Å². The van der Waals surface area contributed by atoms with E-state index >= 15 is 0 Å². The summed E-state index contributed by atoms with van der Waals surface area (Å²) in [7, 11) is 0. The predicted octanol–water partition coefficient (Wildman–Crippen LogP) is 1.52. The minimum absolute atomic E-state index is 0.301. The molecule has 1 atom stereocenters. The molecule has 1 heterocycles. The number of nitrogens with one attached hydrogen (secondary N) is 2. The van der Waals surface area contributed by atoms with Crippen molar-refractivity contribution in [1.29, 1.82) is 0 Å². The maximum atomic E-state index is 11.9. The highest BCUT2D eigenvalue weighted by atomic mass is 16.6. The number of anilines is 2. The molecule has 0 aromatic carbocycles. The molecule has 110 valence electrons. The molecule has 7 heteroatoms. The maximum Gasteiger partial charge on any atom is 0.408 e. The molecule has 20 heavy (non-hydrogen) atoms. The third kappa shape index (κ3) is 5.55. The van der Waals surface area contributed by atoms with Crippen LogP contribution in [0.4, 0.5) is 16.4 Å². The largest absolute Gasteiger partial charge is 0.444 e.